The summed E-state index contributed by atoms with van der Waals surface area (Å²) in [4.78, 5) is 44.5. The molecule has 7 heteroatoms. The van der Waals surface area contributed by atoms with Crippen molar-refractivity contribution in [3.63, 3.8) is 0 Å². The molecule has 4 rings (SSSR count). The first kappa shape index (κ1) is 16.6. The third-order valence-electron chi connectivity index (χ3n) is 5.53. The molecule has 2 N–H and O–H groups in total. The lowest BCUT2D eigenvalue weighted by Gasteiger charge is -2.23. The van der Waals surface area contributed by atoms with Crippen LogP contribution in [0.4, 0.5) is 5.82 Å². The van der Waals surface area contributed by atoms with Crippen LogP contribution in [0.3, 0.4) is 0 Å². The number of nitrogens with zero attached hydrogens (tertiary/aromatic N) is 2. The van der Waals surface area contributed by atoms with E-state index in [-0.39, 0.29) is 5.91 Å². The van der Waals surface area contributed by atoms with Gasteiger partial charge in [-0.25, -0.2) is 4.79 Å². The maximum Gasteiger partial charge on any atom is 0.327 e. The fourth-order valence-corrected chi connectivity index (χ4v) is 4.10. The van der Waals surface area contributed by atoms with E-state index in [4.69, 9.17) is 0 Å². The van der Waals surface area contributed by atoms with Crippen LogP contribution in [0.25, 0.3) is 0 Å². The predicted octanol–water partition coefficient (Wildman–Crippen LogP) is 0.509. The minimum atomic E-state index is -0.486. The summed E-state index contributed by atoms with van der Waals surface area (Å²) in [6.07, 6.45) is 0.442. The van der Waals surface area contributed by atoms with Crippen LogP contribution < -0.4 is 16.1 Å². The summed E-state index contributed by atoms with van der Waals surface area (Å²) in [5.41, 5.74) is 1.34. The quantitative estimate of drug-likeness (QED) is 0.840. The van der Waals surface area contributed by atoms with Crippen molar-refractivity contribution in [1.29, 1.82) is 0 Å². The molecule has 1 amide bonds. The van der Waals surface area contributed by atoms with E-state index >= 15 is 0 Å². The first-order valence-corrected chi connectivity index (χ1v) is 8.90. The highest BCUT2D eigenvalue weighted by atomic mass is 16.2. The number of carbonyl (C=O) groups excluding carboxylic acids is 1. The molecular formula is C19H22N4O3. The van der Waals surface area contributed by atoms with Crippen molar-refractivity contribution in [2.24, 2.45) is 11.8 Å². The van der Waals surface area contributed by atoms with E-state index in [1.54, 1.807) is 0 Å². The number of fused-ring (bicyclic) bond motifs is 1. The van der Waals surface area contributed by atoms with E-state index in [0.29, 0.717) is 24.1 Å². The number of aryl methyl sites for hydroxylation is 1. The molecule has 0 radical (unpaired) electrons. The Hall–Kier alpha value is -2.83. The molecule has 2 atom stereocenters. The molecule has 0 spiro atoms. The van der Waals surface area contributed by atoms with Crippen molar-refractivity contribution in [2.45, 2.75) is 13.3 Å². The number of hydrogen-bond acceptors (Lipinski definition) is 4. The Labute approximate surface area is 150 Å². The molecule has 2 aliphatic rings. The summed E-state index contributed by atoms with van der Waals surface area (Å²) in [5, 5.41) is 0. The van der Waals surface area contributed by atoms with Gasteiger partial charge in [-0.05, 0) is 18.1 Å². The maximum absolute atomic E-state index is 12.7. The highest BCUT2D eigenvalue weighted by molar-refractivity contribution is 5.79. The summed E-state index contributed by atoms with van der Waals surface area (Å²) < 4.78 is 0. The number of rotatable bonds is 3. The van der Waals surface area contributed by atoms with Crippen LogP contribution in [0.2, 0.25) is 0 Å². The second-order valence-electron chi connectivity index (χ2n) is 7.30. The molecule has 7 nitrogen and oxygen atoms in total. The van der Waals surface area contributed by atoms with Crippen molar-refractivity contribution < 1.29 is 4.79 Å². The van der Waals surface area contributed by atoms with Crippen LogP contribution in [0, 0.1) is 18.8 Å². The molecule has 0 aliphatic carbocycles. The number of aromatic nitrogens is 2. The van der Waals surface area contributed by atoms with Crippen LogP contribution in [0.5, 0.6) is 0 Å². The van der Waals surface area contributed by atoms with Gasteiger partial charge < -0.3 is 9.80 Å². The van der Waals surface area contributed by atoms with Gasteiger partial charge in [0.15, 0.2) is 0 Å². The average molecular weight is 354 g/mol. The molecule has 1 aromatic carbocycles. The van der Waals surface area contributed by atoms with Crippen molar-refractivity contribution in [1.82, 2.24) is 14.9 Å². The van der Waals surface area contributed by atoms with E-state index < -0.39 is 11.2 Å². The van der Waals surface area contributed by atoms with Crippen LogP contribution in [0.1, 0.15) is 11.1 Å². The zero-order valence-corrected chi connectivity index (χ0v) is 14.7. The fourth-order valence-electron chi connectivity index (χ4n) is 4.10. The molecule has 26 heavy (non-hydrogen) atoms. The molecular weight excluding hydrogens is 332 g/mol. The molecule has 3 heterocycles. The molecule has 2 fully saturated rings. The van der Waals surface area contributed by atoms with E-state index in [0.717, 1.165) is 37.3 Å². The summed E-state index contributed by atoms with van der Waals surface area (Å²) >= 11 is 0. The van der Waals surface area contributed by atoms with Gasteiger partial charge >= 0.3 is 5.69 Å². The Morgan fingerprint density at radius 3 is 2.42 bits per heavy atom. The van der Waals surface area contributed by atoms with Gasteiger partial charge in [0.05, 0.1) is 6.42 Å². The predicted molar refractivity (Wildman–Crippen MR) is 98.3 cm³/mol. The van der Waals surface area contributed by atoms with Crippen LogP contribution >= 0.6 is 0 Å². The summed E-state index contributed by atoms with van der Waals surface area (Å²) in [6.45, 7) is 5.00. The number of carbonyl (C=O) groups is 1. The summed E-state index contributed by atoms with van der Waals surface area (Å²) in [6, 6.07) is 9.41. The first-order valence-electron chi connectivity index (χ1n) is 8.90. The average Bonchev–Trinajstić information content (AvgIpc) is 3.15. The largest absolute Gasteiger partial charge is 0.357 e. The van der Waals surface area contributed by atoms with Crippen molar-refractivity contribution in [3.8, 4) is 0 Å². The topological polar surface area (TPSA) is 89.3 Å². The fraction of sp³-hybridized carbons (Fsp3) is 0.421. The number of anilines is 1. The zero-order valence-electron chi connectivity index (χ0n) is 14.7. The molecule has 0 bridgehead atoms. The number of nitrogens with one attached hydrogen (secondary N) is 2. The van der Waals surface area contributed by atoms with E-state index in [1.807, 2.05) is 41.0 Å². The van der Waals surface area contributed by atoms with Gasteiger partial charge in [-0.2, -0.15) is 0 Å². The Morgan fingerprint density at radius 1 is 1.08 bits per heavy atom. The Morgan fingerprint density at radius 2 is 1.77 bits per heavy atom. The van der Waals surface area contributed by atoms with Gasteiger partial charge in [0, 0.05) is 44.1 Å². The zero-order chi connectivity index (χ0) is 18.3. The minimum Gasteiger partial charge on any atom is -0.357 e. The Bertz CT molecular complexity index is 906. The number of H-pyrrole nitrogens is 2. The second-order valence-corrected chi connectivity index (χ2v) is 7.30. The number of benzene rings is 1. The normalized spacial score (nSPS) is 21.9. The molecule has 1 aromatic heterocycles. The van der Waals surface area contributed by atoms with Gasteiger partial charge in [0.1, 0.15) is 5.82 Å². The maximum atomic E-state index is 12.7. The van der Waals surface area contributed by atoms with Gasteiger partial charge in [-0.1, -0.05) is 24.3 Å². The van der Waals surface area contributed by atoms with Gasteiger partial charge in [-0.15, -0.1) is 0 Å². The molecule has 2 unspecified atom stereocenters. The van der Waals surface area contributed by atoms with Crippen molar-refractivity contribution >= 4 is 11.7 Å². The van der Waals surface area contributed by atoms with Crippen LogP contribution in [-0.2, 0) is 11.2 Å². The molecule has 2 aliphatic heterocycles. The lowest BCUT2D eigenvalue weighted by Crippen LogP contribution is -2.35. The monoisotopic (exact) mass is 354 g/mol. The van der Waals surface area contributed by atoms with E-state index in [1.165, 1.54) is 6.07 Å². The lowest BCUT2D eigenvalue weighted by atomic mass is 10.0. The summed E-state index contributed by atoms with van der Waals surface area (Å²) in [5.74, 6) is 1.48. The Kier molecular flexibility index (Phi) is 4.14. The third-order valence-corrected chi connectivity index (χ3v) is 5.53. The number of amides is 1. The SMILES string of the molecule is Cc1ccccc1CC(=O)N1CC2CN(c3cc(=O)[nH]c(=O)[nH]3)CC2C1. The highest BCUT2D eigenvalue weighted by Gasteiger charge is 2.41. The highest BCUT2D eigenvalue weighted by Crippen LogP contribution is 2.33. The summed E-state index contributed by atoms with van der Waals surface area (Å²) in [7, 11) is 0. The van der Waals surface area contributed by atoms with Crippen molar-refractivity contribution in [2.75, 3.05) is 31.1 Å². The Balaban J connectivity index is 1.40. The van der Waals surface area contributed by atoms with Crippen molar-refractivity contribution in [3.05, 3.63) is 62.3 Å². The third kappa shape index (κ3) is 3.16. The van der Waals surface area contributed by atoms with Gasteiger partial charge in [0.25, 0.3) is 5.56 Å². The second kappa shape index (κ2) is 6.48. The first-order chi connectivity index (χ1) is 12.5. The minimum absolute atomic E-state index is 0.171. The smallest absolute Gasteiger partial charge is 0.327 e. The van der Waals surface area contributed by atoms with E-state index in [9.17, 15) is 14.4 Å². The van der Waals surface area contributed by atoms with Gasteiger partial charge in [0.2, 0.25) is 5.91 Å². The van der Waals surface area contributed by atoms with Crippen LogP contribution in [-0.4, -0.2) is 47.0 Å². The standard InChI is InChI=1S/C19H22N4O3/c1-12-4-2-3-5-13(12)6-18(25)23-10-14-8-22(9-15(14)11-23)16-7-17(24)21-19(26)20-16/h2-5,7,14-15H,6,8-11H2,1H3,(H2,20,21,24,26). The molecule has 136 valence electrons. The molecule has 2 saturated heterocycles. The molecule has 2 aromatic rings. The molecule has 0 saturated carbocycles. The van der Waals surface area contributed by atoms with Gasteiger partial charge in [-0.3, -0.25) is 19.6 Å². The van der Waals surface area contributed by atoms with Crippen LogP contribution in [0.15, 0.2) is 39.9 Å². The number of likely N-dealkylation sites (tertiary alicyclic amines) is 1. The number of hydrogen-bond donors (Lipinski definition) is 2. The van der Waals surface area contributed by atoms with E-state index in [2.05, 4.69) is 9.97 Å². The number of aromatic amines is 2. The lowest BCUT2D eigenvalue weighted by molar-refractivity contribution is -0.129.